The molecule has 2 rings (SSSR count). The molecule has 0 spiro atoms. The van der Waals surface area contributed by atoms with E-state index in [1.54, 1.807) is 13.8 Å². The Balaban J connectivity index is 1.86. The van der Waals surface area contributed by atoms with E-state index in [-0.39, 0.29) is 24.4 Å². The fourth-order valence-corrected chi connectivity index (χ4v) is 2.94. The highest BCUT2D eigenvalue weighted by Gasteiger charge is 2.20. The first-order valence-corrected chi connectivity index (χ1v) is 10.4. The highest BCUT2D eigenvalue weighted by Crippen LogP contribution is 2.26. The number of para-hydroxylation sites is 2. The van der Waals surface area contributed by atoms with Crippen LogP contribution in [0.3, 0.4) is 0 Å². The minimum absolute atomic E-state index is 0.0894. The van der Waals surface area contributed by atoms with Crippen LogP contribution in [0.4, 0.5) is 0 Å². The summed E-state index contributed by atoms with van der Waals surface area (Å²) in [6.45, 7) is 6.47. The summed E-state index contributed by atoms with van der Waals surface area (Å²) >= 11 is 0. The van der Waals surface area contributed by atoms with Crippen molar-refractivity contribution in [1.29, 1.82) is 0 Å². The van der Waals surface area contributed by atoms with E-state index in [0.717, 1.165) is 5.56 Å². The summed E-state index contributed by atoms with van der Waals surface area (Å²) in [5.41, 5.74) is 0.869. The lowest BCUT2D eigenvalue weighted by atomic mass is 10.0. The predicted molar refractivity (Wildman–Crippen MR) is 116 cm³/mol. The summed E-state index contributed by atoms with van der Waals surface area (Å²) in [6.07, 6.45) is 0.733. The van der Waals surface area contributed by atoms with Crippen molar-refractivity contribution in [3.8, 4) is 11.5 Å². The molecule has 1 N–H and O–H groups in total. The number of carbonyl (C=O) groups is 2. The molecule has 0 bridgehead atoms. The van der Waals surface area contributed by atoms with Crippen molar-refractivity contribution in [3.63, 3.8) is 0 Å². The Morgan fingerprint density at radius 1 is 0.933 bits per heavy atom. The number of esters is 1. The molecule has 1 unspecified atom stereocenters. The molecular formula is C24H31NO5. The van der Waals surface area contributed by atoms with Crippen molar-refractivity contribution >= 4 is 11.9 Å². The van der Waals surface area contributed by atoms with Gasteiger partial charge in [0.2, 0.25) is 5.91 Å². The molecule has 0 radical (unpaired) electrons. The van der Waals surface area contributed by atoms with Crippen molar-refractivity contribution in [3.05, 3.63) is 60.2 Å². The van der Waals surface area contributed by atoms with E-state index in [2.05, 4.69) is 5.32 Å². The first kappa shape index (κ1) is 23.3. The molecule has 0 aliphatic rings. The Hall–Kier alpha value is -3.02. The largest absolute Gasteiger partial charge is 0.490 e. The van der Waals surface area contributed by atoms with Crippen molar-refractivity contribution in [2.45, 2.75) is 52.2 Å². The monoisotopic (exact) mass is 413 g/mol. The molecule has 0 aromatic heterocycles. The maximum atomic E-state index is 12.5. The summed E-state index contributed by atoms with van der Waals surface area (Å²) in [7, 11) is 0. The maximum absolute atomic E-state index is 12.5. The van der Waals surface area contributed by atoms with Crippen LogP contribution in [0.1, 0.15) is 51.6 Å². The van der Waals surface area contributed by atoms with Crippen LogP contribution in [0.25, 0.3) is 0 Å². The zero-order valence-corrected chi connectivity index (χ0v) is 17.9. The maximum Gasteiger partial charge on any atom is 0.308 e. The molecule has 30 heavy (non-hydrogen) atoms. The van der Waals surface area contributed by atoms with Crippen LogP contribution in [-0.2, 0) is 14.3 Å². The van der Waals surface area contributed by atoms with Gasteiger partial charge >= 0.3 is 5.97 Å². The van der Waals surface area contributed by atoms with Gasteiger partial charge in [-0.15, -0.1) is 0 Å². The van der Waals surface area contributed by atoms with Gasteiger partial charge in [-0.25, -0.2) is 0 Å². The molecule has 0 heterocycles. The second-order valence-corrected chi connectivity index (χ2v) is 7.11. The Labute approximate surface area is 178 Å². The molecule has 0 saturated heterocycles. The van der Waals surface area contributed by atoms with E-state index in [9.17, 15) is 9.59 Å². The first-order chi connectivity index (χ1) is 14.5. The SMILES string of the molecule is CCOc1ccccc1OCCCC(=O)NC(CC(=O)OC(C)C)c1ccccc1. The van der Waals surface area contributed by atoms with Crippen LogP contribution >= 0.6 is 0 Å². The Morgan fingerprint density at radius 3 is 2.20 bits per heavy atom. The lowest BCUT2D eigenvalue weighted by molar-refractivity contribution is -0.148. The van der Waals surface area contributed by atoms with Crippen LogP contribution in [-0.4, -0.2) is 31.2 Å². The highest BCUT2D eigenvalue weighted by molar-refractivity contribution is 5.78. The lowest BCUT2D eigenvalue weighted by Crippen LogP contribution is -2.31. The van der Waals surface area contributed by atoms with Crippen molar-refractivity contribution in [1.82, 2.24) is 5.32 Å². The van der Waals surface area contributed by atoms with Crippen molar-refractivity contribution in [2.24, 2.45) is 0 Å². The minimum Gasteiger partial charge on any atom is -0.490 e. The van der Waals surface area contributed by atoms with Gasteiger partial charge in [0.1, 0.15) is 0 Å². The number of benzene rings is 2. The quantitative estimate of drug-likeness (QED) is 0.411. The zero-order valence-electron chi connectivity index (χ0n) is 17.9. The van der Waals surface area contributed by atoms with Crippen LogP contribution < -0.4 is 14.8 Å². The van der Waals surface area contributed by atoms with Crippen LogP contribution in [0, 0.1) is 0 Å². The number of nitrogens with one attached hydrogen (secondary N) is 1. The van der Waals surface area contributed by atoms with Gasteiger partial charge in [0.15, 0.2) is 11.5 Å². The molecule has 1 atom stereocenters. The molecule has 2 aromatic rings. The number of hydrogen-bond acceptors (Lipinski definition) is 5. The topological polar surface area (TPSA) is 73.9 Å². The summed E-state index contributed by atoms with van der Waals surface area (Å²) < 4.78 is 16.5. The number of ether oxygens (including phenoxy) is 3. The number of carbonyl (C=O) groups excluding carboxylic acids is 2. The standard InChI is InChI=1S/C24H31NO5/c1-4-28-21-13-8-9-14-22(21)29-16-10-15-23(26)25-20(17-24(27)30-18(2)3)19-11-6-5-7-12-19/h5-9,11-14,18,20H,4,10,15-17H2,1-3H3,(H,25,26). The van der Waals surface area contributed by atoms with Gasteiger partial charge < -0.3 is 19.5 Å². The summed E-state index contributed by atoms with van der Waals surface area (Å²) in [5.74, 6) is 0.883. The molecule has 1 amide bonds. The molecule has 0 aliphatic carbocycles. The summed E-state index contributed by atoms with van der Waals surface area (Å²) in [5, 5.41) is 2.95. The third-order valence-electron chi connectivity index (χ3n) is 4.23. The van der Waals surface area contributed by atoms with E-state index in [1.807, 2.05) is 61.5 Å². The van der Waals surface area contributed by atoms with Crippen LogP contribution in [0.5, 0.6) is 11.5 Å². The summed E-state index contributed by atoms with van der Waals surface area (Å²) in [4.78, 5) is 24.6. The summed E-state index contributed by atoms with van der Waals surface area (Å²) in [6, 6.07) is 16.5. The van der Waals surface area contributed by atoms with Gasteiger partial charge in [0.25, 0.3) is 0 Å². The van der Waals surface area contributed by atoms with Gasteiger partial charge in [0.05, 0.1) is 31.8 Å². The van der Waals surface area contributed by atoms with Crippen LogP contribution in [0.2, 0.25) is 0 Å². The zero-order chi connectivity index (χ0) is 21.8. The van der Waals surface area contributed by atoms with E-state index < -0.39 is 6.04 Å². The fraction of sp³-hybridized carbons (Fsp3) is 0.417. The third-order valence-corrected chi connectivity index (χ3v) is 4.23. The molecule has 2 aromatic carbocycles. The average Bonchev–Trinajstić information content (AvgIpc) is 2.72. The Morgan fingerprint density at radius 2 is 1.57 bits per heavy atom. The third kappa shape index (κ3) is 8.15. The van der Waals surface area contributed by atoms with E-state index in [0.29, 0.717) is 37.6 Å². The van der Waals surface area contributed by atoms with Crippen molar-refractivity contribution in [2.75, 3.05) is 13.2 Å². The van der Waals surface area contributed by atoms with Gasteiger partial charge in [-0.3, -0.25) is 9.59 Å². The van der Waals surface area contributed by atoms with E-state index in [1.165, 1.54) is 0 Å². The molecular weight excluding hydrogens is 382 g/mol. The number of amides is 1. The van der Waals surface area contributed by atoms with Gasteiger partial charge in [-0.1, -0.05) is 42.5 Å². The minimum atomic E-state index is -0.426. The molecule has 0 fully saturated rings. The van der Waals surface area contributed by atoms with Gasteiger partial charge in [-0.2, -0.15) is 0 Å². The predicted octanol–water partition coefficient (Wildman–Crippen LogP) is 4.44. The number of hydrogen-bond donors (Lipinski definition) is 1. The van der Waals surface area contributed by atoms with Gasteiger partial charge in [0, 0.05) is 6.42 Å². The molecule has 162 valence electrons. The van der Waals surface area contributed by atoms with Crippen molar-refractivity contribution < 1.29 is 23.8 Å². The normalized spacial score (nSPS) is 11.6. The van der Waals surface area contributed by atoms with Crippen LogP contribution in [0.15, 0.2) is 54.6 Å². The fourth-order valence-electron chi connectivity index (χ4n) is 2.94. The molecule has 6 nitrogen and oxygen atoms in total. The Bertz CT molecular complexity index is 791. The molecule has 6 heteroatoms. The second kappa shape index (κ2) is 12.5. The van der Waals surface area contributed by atoms with E-state index in [4.69, 9.17) is 14.2 Å². The Kier molecular flexibility index (Phi) is 9.71. The lowest BCUT2D eigenvalue weighted by Gasteiger charge is -2.19. The second-order valence-electron chi connectivity index (χ2n) is 7.11. The number of rotatable bonds is 12. The molecule has 0 aliphatic heterocycles. The van der Waals surface area contributed by atoms with Gasteiger partial charge in [-0.05, 0) is 44.9 Å². The first-order valence-electron chi connectivity index (χ1n) is 10.4. The smallest absolute Gasteiger partial charge is 0.308 e. The molecule has 0 saturated carbocycles. The average molecular weight is 414 g/mol. The van der Waals surface area contributed by atoms with E-state index >= 15 is 0 Å². The highest BCUT2D eigenvalue weighted by atomic mass is 16.5.